The van der Waals surface area contributed by atoms with Gasteiger partial charge in [-0.3, -0.25) is 4.79 Å². The van der Waals surface area contributed by atoms with Gasteiger partial charge < -0.3 is 9.88 Å². The maximum Gasteiger partial charge on any atom is 0.269 e. The zero-order valence-corrected chi connectivity index (χ0v) is 12.2. The molecule has 0 aromatic carbocycles. The molecule has 0 saturated heterocycles. The number of nitrogens with zero attached hydrogens (tertiary/aromatic N) is 2. The minimum Gasteiger partial charge on any atom is -0.350 e. The smallest absolute Gasteiger partial charge is 0.269 e. The third kappa shape index (κ3) is 3.84. The second-order valence-corrected chi connectivity index (χ2v) is 5.37. The fourth-order valence-corrected chi connectivity index (χ4v) is 2.73. The molecule has 1 aromatic heterocycles. The van der Waals surface area contributed by atoms with Crippen LogP contribution in [0.3, 0.4) is 0 Å². The van der Waals surface area contributed by atoms with Crippen molar-refractivity contribution >= 4 is 21.8 Å². The zero-order valence-electron chi connectivity index (χ0n) is 10.6. The number of nitrogens with one attached hydrogen (secondary N) is 1. The monoisotopic (exact) mass is 301 g/mol. The van der Waals surface area contributed by atoms with E-state index in [9.17, 15) is 4.79 Å². The van der Waals surface area contributed by atoms with Gasteiger partial charge in [0.2, 0.25) is 0 Å². The SMILES string of the molecule is CCC(CC)C(Br)CNC(=O)c1cncn1C. The van der Waals surface area contributed by atoms with Crippen molar-refractivity contribution in [3.05, 3.63) is 18.2 Å². The van der Waals surface area contributed by atoms with Gasteiger partial charge in [-0.15, -0.1) is 0 Å². The van der Waals surface area contributed by atoms with Crippen LogP contribution < -0.4 is 5.32 Å². The van der Waals surface area contributed by atoms with Crippen LogP contribution in [0.4, 0.5) is 0 Å². The Morgan fingerprint density at radius 3 is 2.65 bits per heavy atom. The van der Waals surface area contributed by atoms with E-state index in [-0.39, 0.29) is 5.91 Å². The lowest BCUT2D eigenvalue weighted by atomic mass is 9.99. The number of imidazole rings is 1. The number of alkyl halides is 1. The van der Waals surface area contributed by atoms with Gasteiger partial charge in [-0.1, -0.05) is 42.6 Å². The lowest BCUT2D eigenvalue weighted by Crippen LogP contribution is -2.33. The quantitative estimate of drug-likeness (QED) is 0.820. The molecule has 1 rings (SSSR count). The van der Waals surface area contributed by atoms with Crippen molar-refractivity contribution in [1.82, 2.24) is 14.9 Å². The molecule has 1 atom stereocenters. The summed E-state index contributed by atoms with van der Waals surface area (Å²) in [5.74, 6) is 0.530. The number of hydrogen-bond acceptors (Lipinski definition) is 2. The van der Waals surface area contributed by atoms with Crippen LogP contribution >= 0.6 is 15.9 Å². The number of aryl methyl sites for hydroxylation is 1. The Hall–Kier alpha value is -0.840. The number of carbonyl (C=O) groups excluding carboxylic acids is 1. The molecule has 0 aliphatic heterocycles. The van der Waals surface area contributed by atoms with Crippen LogP contribution in [-0.4, -0.2) is 26.8 Å². The average molecular weight is 302 g/mol. The molecule has 1 N–H and O–H groups in total. The molecule has 1 unspecified atom stereocenters. The second kappa shape index (κ2) is 6.79. The van der Waals surface area contributed by atoms with Crippen molar-refractivity contribution < 1.29 is 4.79 Å². The third-order valence-electron chi connectivity index (χ3n) is 3.07. The molecular weight excluding hydrogens is 282 g/mol. The van der Waals surface area contributed by atoms with Gasteiger partial charge in [0.1, 0.15) is 5.69 Å². The first kappa shape index (κ1) is 14.2. The lowest BCUT2D eigenvalue weighted by Gasteiger charge is -2.19. The highest BCUT2D eigenvalue weighted by Crippen LogP contribution is 2.19. The Morgan fingerprint density at radius 2 is 2.18 bits per heavy atom. The van der Waals surface area contributed by atoms with E-state index in [4.69, 9.17) is 0 Å². The van der Waals surface area contributed by atoms with Crippen LogP contribution in [0.25, 0.3) is 0 Å². The fraction of sp³-hybridized carbons (Fsp3) is 0.667. The molecule has 0 radical (unpaired) electrons. The fourth-order valence-electron chi connectivity index (χ4n) is 1.82. The van der Waals surface area contributed by atoms with E-state index in [0.29, 0.717) is 23.0 Å². The molecule has 1 heterocycles. The zero-order chi connectivity index (χ0) is 12.8. The van der Waals surface area contributed by atoms with Crippen LogP contribution in [0.1, 0.15) is 37.2 Å². The van der Waals surface area contributed by atoms with E-state index in [1.165, 1.54) is 0 Å². The minimum atomic E-state index is -0.0691. The summed E-state index contributed by atoms with van der Waals surface area (Å²) in [6, 6.07) is 0. The summed E-state index contributed by atoms with van der Waals surface area (Å²) in [6.07, 6.45) is 5.44. The van der Waals surface area contributed by atoms with Gasteiger partial charge in [0, 0.05) is 18.4 Å². The second-order valence-electron chi connectivity index (χ2n) is 4.19. The van der Waals surface area contributed by atoms with Crippen LogP contribution in [0.5, 0.6) is 0 Å². The molecule has 1 aromatic rings. The van der Waals surface area contributed by atoms with E-state index < -0.39 is 0 Å². The standard InChI is InChI=1S/C12H20BrN3O/c1-4-9(5-2)10(13)6-15-12(17)11-7-14-8-16(11)3/h7-10H,4-6H2,1-3H3,(H,15,17). The van der Waals surface area contributed by atoms with E-state index in [2.05, 4.69) is 40.1 Å². The van der Waals surface area contributed by atoms with Gasteiger partial charge in [-0.2, -0.15) is 0 Å². The van der Waals surface area contributed by atoms with E-state index in [1.54, 1.807) is 17.1 Å². The highest BCUT2D eigenvalue weighted by molar-refractivity contribution is 9.09. The molecule has 96 valence electrons. The Balaban J connectivity index is 2.46. The van der Waals surface area contributed by atoms with Crippen molar-refractivity contribution in [3.8, 4) is 0 Å². The highest BCUT2D eigenvalue weighted by Gasteiger charge is 2.17. The Kier molecular flexibility index (Phi) is 5.68. The Labute approximate surface area is 111 Å². The van der Waals surface area contributed by atoms with E-state index in [0.717, 1.165) is 12.8 Å². The first-order chi connectivity index (χ1) is 8.10. The molecule has 0 aliphatic rings. The molecule has 17 heavy (non-hydrogen) atoms. The van der Waals surface area contributed by atoms with Crippen molar-refractivity contribution in [1.29, 1.82) is 0 Å². The summed E-state index contributed by atoms with van der Waals surface area (Å²) in [7, 11) is 1.81. The minimum absolute atomic E-state index is 0.0691. The van der Waals surface area contributed by atoms with Gasteiger partial charge >= 0.3 is 0 Å². The molecule has 0 fully saturated rings. The number of halogens is 1. The molecule has 0 bridgehead atoms. The van der Waals surface area contributed by atoms with Crippen molar-refractivity contribution in [2.45, 2.75) is 31.5 Å². The molecule has 4 nitrogen and oxygen atoms in total. The van der Waals surface area contributed by atoms with Crippen LogP contribution in [-0.2, 0) is 7.05 Å². The van der Waals surface area contributed by atoms with E-state index >= 15 is 0 Å². The summed E-state index contributed by atoms with van der Waals surface area (Å²) in [4.78, 5) is 16.1. The van der Waals surface area contributed by atoms with Crippen LogP contribution in [0.2, 0.25) is 0 Å². The summed E-state index contributed by atoms with van der Waals surface area (Å²) in [5, 5.41) is 2.93. The van der Waals surface area contributed by atoms with Gasteiger partial charge in [-0.05, 0) is 5.92 Å². The number of hydrogen-bond donors (Lipinski definition) is 1. The Morgan fingerprint density at radius 1 is 1.53 bits per heavy atom. The average Bonchev–Trinajstić information content (AvgIpc) is 2.74. The maximum atomic E-state index is 11.8. The topological polar surface area (TPSA) is 46.9 Å². The summed E-state index contributed by atoms with van der Waals surface area (Å²) in [5.41, 5.74) is 0.592. The molecule has 5 heteroatoms. The van der Waals surface area contributed by atoms with Crippen molar-refractivity contribution in [2.75, 3.05) is 6.54 Å². The molecule has 1 amide bonds. The van der Waals surface area contributed by atoms with Crippen molar-refractivity contribution in [3.63, 3.8) is 0 Å². The number of carbonyl (C=O) groups is 1. The summed E-state index contributed by atoms with van der Waals surface area (Å²) < 4.78 is 1.72. The maximum absolute atomic E-state index is 11.8. The predicted molar refractivity (Wildman–Crippen MR) is 72.3 cm³/mol. The van der Waals surface area contributed by atoms with Gasteiger partial charge in [0.05, 0.1) is 12.5 Å². The van der Waals surface area contributed by atoms with Crippen LogP contribution in [0.15, 0.2) is 12.5 Å². The van der Waals surface area contributed by atoms with Gasteiger partial charge in [0.25, 0.3) is 5.91 Å². The molecule has 0 spiro atoms. The molecular formula is C12H20BrN3O. The normalized spacial score (nSPS) is 12.8. The number of rotatable bonds is 6. The molecule has 0 saturated carbocycles. The largest absolute Gasteiger partial charge is 0.350 e. The van der Waals surface area contributed by atoms with Crippen LogP contribution in [0, 0.1) is 5.92 Å². The number of amides is 1. The molecule has 0 aliphatic carbocycles. The summed E-state index contributed by atoms with van der Waals surface area (Å²) >= 11 is 3.64. The van der Waals surface area contributed by atoms with Gasteiger partial charge in [0.15, 0.2) is 0 Å². The Bertz CT molecular complexity index is 360. The third-order valence-corrected chi connectivity index (χ3v) is 4.14. The van der Waals surface area contributed by atoms with Gasteiger partial charge in [-0.25, -0.2) is 4.98 Å². The predicted octanol–water partition coefficient (Wildman–Crippen LogP) is 2.35. The van der Waals surface area contributed by atoms with E-state index in [1.807, 2.05) is 7.05 Å². The highest BCUT2D eigenvalue weighted by atomic mass is 79.9. The first-order valence-corrected chi connectivity index (χ1v) is 6.90. The number of aromatic nitrogens is 2. The first-order valence-electron chi connectivity index (χ1n) is 5.98. The van der Waals surface area contributed by atoms with Crippen molar-refractivity contribution in [2.24, 2.45) is 13.0 Å². The lowest BCUT2D eigenvalue weighted by molar-refractivity contribution is 0.0944. The summed E-state index contributed by atoms with van der Waals surface area (Å²) in [6.45, 7) is 4.99.